The van der Waals surface area contributed by atoms with Crippen LogP contribution < -0.4 is 10.6 Å². The van der Waals surface area contributed by atoms with Crippen LogP contribution in [0.15, 0.2) is 11.4 Å². The number of hydrogen-bond donors (Lipinski definition) is 2. The quantitative estimate of drug-likeness (QED) is 0.839. The van der Waals surface area contributed by atoms with Crippen LogP contribution in [-0.2, 0) is 6.42 Å². The van der Waals surface area contributed by atoms with Crippen LogP contribution in [0.25, 0.3) is 0 Å². The van der Waals surface area contributed by atoms with Crippen molar-refractivity contribution < 1.29 is 9.18 Å². The Kier molecular flexibility index (Phi) is 3.77. The summed E-state index contributed by atoms with van der Waals surface area (Å²) in [5.41, 5.74) is 1.23. The van der Waals surface area contributed by atoms with Gasteiger partial charge >= 0.3 is 6.03 Å². The molecule has 1 unspecified atom stereocenters. The van der Waals surface area contributed by atoms with E-state index in [1.165, 1.54) is 10.4 Å². The summed E-state index contributed by atoms with van der Waals surface area (Å²) < 4.78 is 11.9. The predicted molar refractivity (Wildman–Crippen MR) is 62.5 cm³/mol. The molecular weight excluding hydrogens is 227 g/mol. The van der Waals surface area contributed by atoms with Gasteiger partial charge in [0.15, 0.2) is 0 Å². The van der Waals surface area contributed by atoms with E-state index < -0.39 is 6.67 Å². The fourth-order valence-corrected chi connectivity index (χ4v) is 2.99. The monoisotopic (exact) mass is 242 g/mol. The summed E-state index contributed by atoms with van der Waals surface area (Å²) in [6, 6.07) is 1.88. The molecule has 2 amide bonds. The van der Waals surface area contributed by atoms with Crippen LogP contribution in [0, 0.1) is 0 Å². The molecule has 2 rings (SSSR count). The fraction of sp³-hybridized carbons (Fsp3) is 0.545. The Hall–Kier alpha value is -1.10. The summed E-state index contributed by atoms with van der Waals surface area (Å²) in [4.78, 5) is 12.8. The number of fused-ring (bicyclic) bond motifs is 1. The van der Waals surface area contributed by atoms with E-state index in [0.29, 0.717) is 0 Å². The molecular formula is C11H15FN2OS. The van der Waals surface area contributed by atoms with Crippen LogP contribution in [0.3, 0.4) is 0 Å². The zero-order chi connectivity index (χ0) is 11.4. The van der Waals surface area contributed by atoms with Crippen LogP contribution >= 0.6 is 11.3 Å². The van der Waals surface area contributed by atoms with E-state index >= 15 is 0 Å². The highest BCUT2D eigenvalue weighted by molar-refractivity contribution is 7.10. The highest BCUT2D eigenvalue weighted by Crippen LogP contribution is 2.32. The van der Waals surface area contributed by atoms with E-state index in [1.54, 1.807) is 11.3 Å². The van der Waals surface area contributed by atoms with Gasteiger partial charge in [-0.15, -0.1) is 11.3 Å². The van der Waals surface area contributed by atoms with Crippen LogP contribution in [-0.4, -0.2) is 19.3 Å². The Balaban J connectivity index is 1.94. The molecule has 0 radical (unpaired) electrons. The Morgan fingerprint density at radius 1 is 1.62 bits per heavy atom. The number of rotatable bonds is 3. The minimum atomic E-state index is -0.526. The van der Waals surface area contributed by atoms with Crippen molar-refractivity contribution in [2.75, 3.05) is 13.2 Å². The summed E-state index contributed by atoms with van der Waals surface area (Å²) in [5, 5.41) is 7.43. The van der Waals surface area contributed by atoms with Crippen molar-refractivity contribution in [3.05, 3.63) is 21.9 Å². The summed E-state index contributed by atoms with van der Waals surface area (Å²) >= 11 is 1.74. The van der Waals surface area contributed by atoms with Gasteiger partial charge in [0, 0.05) is 11.4 Å². The molecule has 5 heteroatoms. The lowest BCUT2D eigenvalue weighted by atomic mass is 9.94. The zero-order valence-corrected chi connectivity index (χ0v) is 9.78. The Morgan fingerprint density at radius 3 is 3.31 bits per heavy atom. The molecule has 0 bridgehead atoms. The van der Waals surface area contributed by atoms with Crippen molar-refractivity contribution in [3.63, 3.8) is 0 Å². The van der Waals surface area contributed by atoms with Gasteiger partial charge in [0.1, 0.15) is 6.67 Å². The van der Waals surface area contributed by atoms with Crippen molar-refractivity contribution in [2.45, 2.75) is 25.3 Å². The van der Waals surface area contributed by atoms with Crippen LogP contribution in [0.1, 0.15) is 29.3 Å². The first kappa shape index (κ1) is 11.4. The second-order valence-corrected chi connectivity index (χ2v) is 4.83. The SMILES string of the molecule is O=C(NCCF)NC1CCCc2sccc21. The molecule has 1 heterocycles. The van der Waals surface area contributed by atoms with E-state index in [0.717, 1.165) is 19.3 Å². The average Bonchev–Trinajstić information content (AvgIpc) is 2.75. The highest BCUT2D eigenvalue weighted by Gasteiger charge is 2.22. The number of halogens is 1. The fourth-order valence-electron chi connectivity index (χ4n) is 2.01. The van der Waals surface area contributed by atoms with Gasteiger partial charge < -0.3 is 10.6 Å². The molecule has 0 saturated heterocycles. The van der Waals surface area contributed by atoms with Crippen LogP contribution in [0.2, 0.25) is 0 Å². The molecule has 0 spiro atoms. The van der Waals surface area contributed by atoms with Gasteiger partial charge in [0.25, 0.3) is 0 Å². The zero-order valence-electron chi connectivity index (χ0n) is 8.96. The Morgan fingerprint density at radius 2 is 2.50 bits per heavy atom. The Bertz CT molecular complexity index is 367. The Labute approximate surface area is 98.0 Å². The van der Waals surface area contributed by atoms with Gasteiger partial charge in [-0.2, -0.15) is 0 Å². The van der Waals surface area contributed by atoms with Gasteiger partial charge in [0.05, 0.1) is 6.04 Å². The van der Waals surface area contributed by atoms with Crippen LogP contribution in [0.4, 0.5) is 9.18 Å². The standard InChI is InChI=1S/C11H15FN2OS/c12-5-6-13-11(15)14-9-2-1-3-10-8(9)4-7-16-10/h4,7,9H,1-3,5-6H2,(H2,13,14,15). The minimum absolute atomic E-state index is 0.0784. The van der Waals surface area contributed by atoms with Crippen LogP contribution in [0.5, 0.6) is 0 Å². The first-order valence-corrected chi connectivity index (χ1v) is 6.36. The van der Waals surface area contributed by atoms with Crippen molar-refractivity contribution in [1.29, 1.82) is 0 Å². The third-order valence-electron chi connectivity index (χ3n) is 2.74. The molecule has 3 nitrogen and oxygen atoms in total. The molecule has 1 aliphatic rings. The molecule has 0 saturated carbocycles. The molecule has 1 aromatic rings. The maximum Gasteiger partial charge on any atom is 0.315 e. The van der Waals surface area contributed by atoms with Crippen molar-refractivity contribution >= 4 is 17.4 Å². The van der Waals surface area contributed by atoms with Gasteiger partial charge in [0.2, 0.25) is 0 Å². The third kappa shape index (κ3) is 2.52. The highest BCUT2D eigenvalue weighted by atomic mass is 32.1. The maximum absolute atomic E-state index is 11.9. The first-order chi connectivity index (χ1) is 7.81. The number of thiophene rings is 1. The summed E-state index contributed by atoms with van der Waals surface area (Å²) in [6.07, 6.45) is 3.17. The van der Waals surface area contributed by atoms with E-state index in [-0.39, 0.29) is 18.6 Å². The molecule has 1 aromatic heterocycles. The number of aryl methyl sites for hydroxylation is 1. The van der Waals surface area contributed by atoms with Crippen molar-refractivity contribution in [1.82, 2.24) is 10.6 Å². The first-order valence-electron chi connectivity index (χ1n) is 5.48. The lowest BCUT2D eigenvalue weighted by Gasteiger charge is -2.23. The van der Waals surface area contributed by atoms with Gasteiger partial charge in [-0.1, -0.05) is 0 Å². The van der Waals surface area contributed by atoms with E-state index in [4.69, 9.17) is 0 Å². The number of carbonyl (C=O) groups excluding carboxylic acids is 1. The molecule has 2 N–H and O–H groups in total. The molecule has 0 fully saturated rings. The number of hydrogen-bond acceptors (Lipinski definition) is 2. The van der Waals surface area contributed by atoms with Crippen molar-refractivity contribution in [3.8, 4) is 0 Å². The third-order valence-corrected chi connectivity index (χ3v) is 3.73. The number of amides is 2. The summed E-state index contributed by atoms with van der Waals surface area (Å²) in [5.74, 6) is 0. The number of urea groups is 1. The smallest absolute Gasteiger partial charge is 0.315 e. The number of nitrogens with one attached hydrogen (secondary N) is 2. The second-order valence-electron chi connectivity index (χ2n) is 3.83. The number of carbonyl (C=O) groups is 1. The van der Waals surface area contributed by atoms with Crippen molar-refractivity contribution in [2.24, 2.45) is 0 Å². The molecule has 0 aromatic carbocycles. The lowest BCUT2D eigenvalue weighted by molar-refractivity contribution is 0.234. The molecule has 1 aliphatic carbocycles. The van der Waals surface area contributed by atoms with E-state index in [2.05, 4.69) is 22.1 Å². The van der Waals surface area contributed by atoms with Gasteiger partial charge in [-0.25, -0.2) is 9.18 Å². The normalized spacial score (nSPS) is 18.9. The molecule has 0 aliphatic heterocycles. The topological polar surface area (TPSA) is 41.1 Å². The summed E-state index contributed by atoms with van der Waals surface area (Å²) in [6.45, 7) is -0.448. The maximum atomic E-state index is 11.9. The lowest BCUT2D eigenvalue weighted by Crippen LogP contribution is -2.39. The van der Waals surface area contributed by atoms with Gasteiger partial charge in [-0.05, 0) is 36.3 Å². The largest absolute Gasteiger partial charge is 0.336 e. The van der Waals surface area contributed by atoms with E-state index in [1.807, 2.05) is 0 Å². The second kappa shape index (κ2) is 5.30. The summed E-state index contributed by atoms with van der Waals surface area (Å²) in [7, 11) is 0. The predicted octanol–water partition coefficient (Wildman–Crippen LogP) is 2.39. The molecule has 1 atom stereocenters. The van der Waals surface area contributed by atoms with E-state index in [9.17, 15) is 9.18 Å². The number of alkyl halides is 1. The van der Waals surface area contributed by atoms with Gasteiger partial charge in [-0.3, -0.25) is 0 Å². The minimum Gasteiger partial charge on any atom is -0.336 e. The molecule has 16 heavy (non-hydrogen) atoms. The molecule has 88 valence electrons. The average molecular weight is 242 g/mol.